The average Bonchev–Trinajstić information content (AvgIpc) is 3.16. The maximum atomic E-state index is 11.9. The summed E-state index contributed by atoms with van der Waals surface area (Å²) >= 11 is 0. The van der Waals surface area contributed by atoms with Gasteiger partial charge in [-0.2, -0.15) is 5.10 Å². The molecule has 6 heteroatoms. The van der Waals surface area contributed by atoms with Crippen LogP contribution in [-0.2, 0) is 18.4 Å². The number of fused-ring (bicyclic) bond motifs is 1. The highest BCUT2D eigenvalue weighted by Crippen LogP contribution is 2.18. The van der Waals surface area contributed by atoms with Crippen molar-refractivity contribution in [3.05, 3.63) is 54.1 Å². The summed E-state index contributed by atoms with van der Waals surface area (Å²) in [5, 5.41) is 6.96. The van der Waals surface area contributed by atoms with E-state index in [9.17, 15) is 4.79 Å². The predicted octanol–water partition coefficient (Wildman–Crippen LogP) is 2.68. The maximum absolute atomic E-state index is 11.9. The summed E-state index contributed by atoms with van der Waals surface area (Å²) < 4.78 is 3.83. The van der Waals surface area contributed by atoms with E-state index in [0.29, 0.717) is 12.6 Å². The summed E-state index contributed by atoms with van der Waals surface area (Å²) in [4.78, 5) is 16.3. The molecule has 2 heterocycles. The van der Waals surface area contributed by atoms with Gasteiger partial charge in [-0.05, 0) is 37.6 Å². The molecule has 0 spiro atoms. The van der Waals surface area contributed by atoms with Crippen LogP contribution >= 0.6 is 0 Å². The lowest BCUT2D eigenvalue weighted by atomic mass is 10.2. The number of hydrogen-bond acceptors (Lipinski definition) is 3. The van der Waals surface area contributed by atoms with Crippen molar-refractivity contribution in [2.75, 3.05) is 0 Å². The fraction of sp³-hybridized carbons (Fsp3) is 0.278. The Balaban J connectivity index is 1.65. The summed E-state index contributed by atoms with van der Waals surface area (Å²) in [6.07, 6.45) is 8.69. The number of aromatic nitrogens is 4. The van der Waals surface area contributed by atoms with Crippen LogP contribution in [-0.4, -0.2) is 25.2 Å². The minimum atomic E-state index is -0.128. The zero-order valence-electron chi connectivity index (χ0n) is 14.1. The van der Waals surface area contributed by atoms with Crippen LogP contribution in [0.15, 0.2) is 43.0 Å². The summed E-state index contributed by atoms with van der Waals surface area (Å²) in [5.41, 5.74) is 4.00. The zero-order valence-corrected chi connectivity index (χ0v) is 14.1. The number of benzene rings is 1. The normalized spacial score (nSPS) is 11.7. The smallest absolute Gasteiger partial charge is 0.244 e. The Hall–Kier alpha value is -2.89. The lowest BCUT2D eigenvalue weighted by molar-refractivity contribution is -0.116. The molecule has 0 aliphatic rings. The summed E-state index contributed by atoms with van der Waals surface area (Å²) in [6.45, 7) is 4.73. The van der Waals surface area contributed by atoms with Crippen LogP contribution in [0.2, 0.25) is 0 Å². The Morgan fingerprint density at radius 2 is 2.21 bits per heavy atom. The van der Waals surface area contributed by atoms with Gasteiger partial charge in [-0.15, -0.1) is 0 Å². The molecular weight excluding hydrogens is 302 g/mol. The molecule has 124 valence electrons. The Kier molecular flexibility index (Phi) is 4.46. The molecule has 0 aliphatic carbocycles. The van der Waals surface area contributed by atoms with Gasteiger partial charge < -0.3 is 9.88 Å². The van der Waals surface area contributed by atoms with Crippen molar-refractivity contribution < 1.29 is 4.79 Å². The first-order chi connectivity index (χ1) is 11.5. The van der Waals surface area contributed by atoms with Crippen molar-refractivity contribution >= 4 is 23.0 Å². The van der Waals surface area contributed by atoms with E-state index in [1.54, 1.807) is 17.0 Å². The van der Waals surface area contributed by atoms with E-state index < -0.39 is 0 Å². The lowest BCUT2D eigenvalue weighted by Gasteiger charge is -2.09. The van der Waals surface area contributed by atoms with Crippen molar-refractivity contribution in [1.82, 2.24) is 24.6 Å². The minimum Gasteiger partial charge on any atom is -0.348 e. The number of carbonyl (C=O) groups is 1. The SMILES string of the molecule is CC(C)n1cnc2ccc(CNC(=O)/C=C/c3cnn(C)c3)cc21. The molecule has 0 saturated carbocycles. The number of rotatable bonds is 5. The third-order valence-corrected chi connectivity index (χ3v) is 3.81. The summed E-state index contributed by atoms with van der Waals surface area (Å²) in [7, 11) is 1.84. The third kappa shape index (κ3) is 3.53. The second kappa shape index (κ2) is 6.70. The van der Waals surface area contributed by atoms with Crippen LogP contribution in [0.4, 0.5) is 0 Å². The number of carbonyl (C=O) groups excluding carboxylic acids is 1. The molecule has 24 heavy (non-hydrogen) atoms. The first-order valence-electron chi connectivity index (χ1n) is 7.93. The molecule has 0 radical (unpaired) electrons. The van der Waals surface area contributed by atoms with E-state index in [1.165, 1.54) is 6.08 Å². The van der Waals surface area contributed by atoms with Gasteiger partial charge in [-0.1, -0.05) is 6.07 Å². The van der Waals surface area contributed by atoms with Gasteiger partial charge in [0.1, 0.15) is 0 Å². The molecule has 3 aromatic rings. The predicted molar refractivity (Wildman–Crippen MR) is 94.2 cm³/mol. The molecule has 1 aromatic carbocycles. The quantitative estimate of drug-likeness (QED) is 0.734. The van der Waals surface area contributed by atoms with E-state index in [1.807, 2.05) is 31.7 Å². The molecule has 1 amide bonds. The molecule has 0 atom stereocenters. The fourth-order valence-electron chi connectivity index (χ4n) is 2.54. The molecule has 2 aromatic heterocycles. The molecular formula is C18H21N5O. The Morgan fingerprint density at radius 1 is 1.38 bits per heavy atom. The number of imidazole rings is 1. The molecule has 0 bridgehead atoms. The highest BCUT2D eigenvalue weighted by molar-refractivity contribution is 5.91. The largest absolute Gasteiger partial charge is 0.348 e. The number of nitrogens with one attached hydrogen (secondary N) is 1. The van der Waals surface area contributed by atoms with Gasteiger partial charge >= 0.3 is 0 Å². The number of aryl methyl sites for hydroxylation is 1. The second-order valence-corrected chi connectivity index (χ2v) is 6.07. The standard InChI is InChI=1S/C18H21N5O/c1-13(2)23-12-20-16-6-4-14(8-17(16)23)9-19-18(24)7-5-15-10-21-22(3)11-15/h4-8,10-13H,9H2,1-3H3,(H,19,24)/b7-5+. The van der Waals surface area contributed by atoms with Crippen LogP contribution in [0, 0.1) is 0 Å². The lowest BCUT2D eigenvalue weighted by Crippen LogP contribution is -2.20. The molecule has 0 saturated heterocycles. The van der Waals surface area contributed by atoms with E-state index >= 15 is 0 Å². The fourth-order valence-corrected chi connectivity index (χ4v) is 2.54. The molecule has 1 N–H and O–H groups in total. The van der Waals surface area contributed by atoms with Crippen LogP contribution in [0.3, 0.4) is 0 Å². The zero-order chi connectivity index (χ0) is 17.1. The van der Waals surface area contributed by atoms with Gasteiger partial charge in [0.15, 0.2) is 0 Å². The first-order valence-corrected chi connectivity index (χ1v) is 7.93. The van der Waals surface area contributed by atoms with Gasteiger partial charge in [0.05, 0.1) is 23.6 Å². The van der Waals surface area contributed by atoms with Gasteiger partial charge in [-0.25, -0.2) is 4.98 Å². The number of amides is 1. The highest BCUT2D eigenvalue weighted by atomic mass is 16.1. The molecule has 0 fully saturated rings. The second-order valence-electron chi connectivity index (χ2n) is 6.07. The van der Waals surface area contributed by atoms with Crippen LogP contribution < -0.4 is 5.32 Å². The summed E-state index contributed by atoms with van der Waals surface area (Å²) in [5.74, 6) is -0.128. The molecule has 0 unspecified atom stereocenters. The first kappa shape index (κ1) is 16.0. The molecule has 0 aliphatic heterocycles. The average molecular weight is 323 g/mol. The van der Waals surface area contributed by atoms with Gasteiger partial charge in [-0.3, -0.25) is 9.48 Å². The van der Waals surface area contributed by atoms with E-state index in [4.69, 9.17) is 0 Å². The van der Waals surface area contributed by atoms with Crippen molar-refractivity contribution in [1.29, 1.82) is 0 Å². The number of nitrogens with zero attached hydrogens (tertiary/aromatic N) is 4. The van der Waals surface area contributed by atoms with Crippen molar-refractivity contribution in [3.63, 3.8) is 0 Å². The molecule has 6 nitrogen and oxygen atoms in total. The Labute approximate surface area is 140 Å². The van der Waals surface area contributed by atoms with Crippen LogP contribution in [0.1, 0.15) is 31.0 Å². The van der Waals surface area contributed by atoms with E-state index in [-0.39, 0.29) is 5.91 Å². The van der Waals surface area contributed by atoms with E-state index in [0.717, 1.165) is 22.2 Å². The van der Waals surface area contributed by atoms with Gasteiger partial charge in [0.2, 0.25) is 5.91 Å². The summed E-state index contributed by atoms with van der Waals surface area (Å²) in [6, 6.07) is 6.40. The van der Waals surface area contributed by atoms with Gasteiger partial charge in [0, 0.05) is 37.5 Å². The third-order valence-electron chi connectivity index (χ3n) is 3.81. The Morgan fingerprint density at radius 3 is 2.92 bits per heavy atom. The van der Waals surface area contributed by atoms with Crippen molar-refractivity contribution in [2.24, 2.45) is 7.05 Å². The minimum absolute atomic E-state index is 0.128. The molecule has 3 rings (SSSR count). The van der Waals surface area contributed by atoms with Crippen molar-refractivity contribution in [3.8, 4) is 0 Å². The maximum Gasteiger partial charge on any atom is 0.244 e. The monoisotopic (exact) mass is 323 g/mol. The van der Waals surface area contributed by atoms with E-state index in [2.05, 4.69) is 39.9 Å². The van der Waals surface area contributed by atoms with Gasteiger partial charge in [0.25, 0.3) is 0 Å². The highest BCUT2D eigenvalue weighted by Gasteiger charge is 2.06. The van der Waals surface area contributed by atoms with Crippen LogP contribution in [0.25, 0.3) is 17.1 Å². The van der Waals surface area contributed by atoms with Crippen LogP contribution in [0.5, 0.6) is 0 Å². The Bertz CT molecular complexity index is 888. The topological polar surface area (TPSA) is 64.7 Å². The van der Waals surface area contributed by atoms with Crippen molar-refractivity contribution in [2.45, 2.75) is 26.4 Å². The number of hydrogen-bond donors (Lipinski definition) is 1.